The molecule has 3 aromatic carbocycles. The second-order valence-electron chi connectivity index (χ2n) is 6.53. The average molecular weight is 490 g/mol. The van der Waals surface area contributed by atoms with Gasteiger partial charge in [0.2, 0.25) is 0 Å². The van der Waals surface area contributed by atoms with E-state index in [9.17, 15) is 14.0 Å². The van der Waals surface area contributed by atoms with Crippen molar-refractivity contribution >= 4 is 46.9 Å². The van der Waals surface area contributed by atoms with Crippen LogP contribution in [0.5, 0.6) is 11.5 Å². The van der Waals surface area contributed by atoms with Gasteiger partial charge >= 0.3 is 11.8 Å². The second-order valence-corrected chi connectivity index (χ2v) is 7.35. The van der Waals surface area contributed by atoms with Crippen molar-refractivity contribution in [1.82, 2.24) is 5.43 Å². The van der Waals surface area contributed by atoms with Gasteiger partial charge in [-0.25, -0.2) is 9.82 Å². The number of para-hydroxylation sites is 1. The Labute approximate surface area is 199 Å². The molecule has 2 N–H and O–H groups in total. The molecule has 0 aliphatic rings. The molecule has 0 aliphatic heterocycles. The van der Waals surface area contributed by atoms with Crippen molar-refractivity contribution in [1.29, 1.82) is 0 Å². The summed E-state index contributed by atoms with van der Waals surface area (Å²) in [6.45, 7) is 0.134. The fraction of sp³-hybridized carbons (Fsp3) is 0.0870. The summed E-state index contributed by atoms with van der Waals surface area (Å²) in [5.41, 5.74) is 3.17. The standard InChI is InChI=1S/C23H18Cl2FN3O4/c1-32-21-11-14(9-10-20(21)33-13-15-16(24)5-4-6-17(15)25)12-27-29-23(31)22(30)28-19-8-3-2-7-18(19)26/h2-12H,13H2,1H3,(H,28,30)(H,29,31)/b27-12+. The molecule has 0 bridgehead atoms. The number of rotatable bonds is 7. The smallest absolute Gasteiger partial charge is 0.329 e. The van der Waals surface area contributed by atoms with Crippen LogP contribution in [0.3, 0.4) is 0 Å². The zero-order valence-corrected chi connectivity index (χ0v) is 18.8. The van der Waals surface area contributed by atoms with E-state index in [4.69, 9.17) is 32.7 Å². The minimum Gasteiger partial charge on any atom is -0.493 e. The van der Waals surface area contributed by atoms with Crippen LogP contribution in [0.4, 0.5) is 10.1 Å². The molecule has 3 aromatic rings. The average Bonchev–Trinajstić information content (AvgIpc) is 2.80. The van der Waals surface area contributed by atoms with Crippen LogP contribution in [0.2, 0.25) is 10.0 Å². The Morgan fingerprint density at radius 2 is 1.73 bits per heavy atom. The van der Waals surface area contributed by atoms with E-state index in [1.165, 1.54) is 31.5 Å². The van der Waals surface area contributed by atoms with Gasteiger partial charge < -0.3 is 14.8 Å². The SMILES string of the molecule is COc1cc(/C=N/NC(=O)C(=O)Nc2ccccc2F)ccc1OCc1c(Cl)cccc1Cl. The molecule has 33 heavy (non-hydrogen) atoms. The van der Waals surface area contributed by atoms with Crippen LogP contribution in [0, 0.1) is 5.82 Å². The maximum absolute atomic E-state index is 13.6. The molecule has 0 aliphatic carbocycles. The Hall–Kier alpha value is -3.62. The number of ether oxygens (including phenoxy) is 2. The van der Waals surface area contributed by atoms with E-state index >= 15 is 0 Å². The Balaban J connectivity index is 1.60. The summed E-state index contributed by atoms with van der Waals surface area (Å²) in [6, 6.07) is 15.6. The zero-order valence-electron chi connectivity index (χ0n) is 17.3. The molecule has 0 unspecified atom stereocenters. The summed E-state index contributed by atoms with van der Waals surface area (Å²) in [5.74, 6) is -1.92. The van der Waals surface area contributed by atoms with E-state index in [2.05, 4.69) is 15.8 Å². The highest BCUT2D eigenvalue weighted by Crippen LogP contribution is 2.31. The van der Waals surface area contributed by atoms with Gasteiger partial charge in [0.1, 0.15) is 12.4 Å². The first-order chi connectivity index (χ1) is 15.9. The van der Waals surface area contributed by atoms with Crippen molar-refractivity contribution in [3.8, 4) is 11.5 Å². The lowest BCUT2D eigenvalue weighted by Crippen LogP contribution is -2.32. The number of nitrogens with one attached hydrogen (secondary N) is 2. The predicted octanol–water partition coefficient (Wildman–Crippen LogP) is 4.81. The summed E-state index contributed by atoms with van der Waals surface area (Å²) < 4.78 is 24.7. The van der Waals surface area contributed by atoms with E-state index < -0.39 is 17.6 Å². The van der Waals surface area contributed by atoms with E-state index in [1.807, 2.05) is 0 Å². The van der Waals surface area contributed by atoms with Gasteiger partial charge in [-0.3, -0.25) is 9.59 Å². The highest BCUT2D eigenvalue weighted by Gasteiger charge is 2.15. The van der Waals surface area contributed by atoms with Crippen molar-refractivity contribution in [3.63, 3.8) is 0 Å². The van der Waals surface area contributed by atoms with Crippen molar-refractivity contribution in [2.45, 2.75) is 6.61 Å². The van der Waals surface area contributed by atoms with Gasteiger partial charge in [-0.2, -0.15) is 5.10 Å². The Morgan fingerprint density at radius 1 is 1.00 bits per heavy atom. The number of carbonyl (C=O) groups is 2. The number of carbonyl (C=O) groups excluding carboxylic acids is 2. The molecule has 170 valence electrons. The van der Waals surface area contributed by atoms with Crippen molar-refractivity contribution < 1.29 is 23.5 Å². The lowest BCUT2D eigenvalue weighted by atomic mass is 10.2. The maximum Gasteiger partial charge on any atom is 0.329 e. The predicted molar refractivity (Wildman–Crippen MR) is 125 cm³/mol. The number of benzene rings is 3. The number of hydrazone groups is 1. The number of nitrogens with zero attached hydrogens (tertiary/aromatic N) is 1. The normalized spacial score (nSPS) is 10.7. The van der Waals surface area contributed by atoms with Crippen molar-refractivity contribution in [3.05, 3.63) is 87.7 Å². The largest absolute Gasteiger partial charge is 0.493 e. The molecular formula is C23H18Cl2FN3O4. The van der Waals surface area contributed by atoms with Crippen LogP contribution in [0.1, 0.15) is 11.1 Å². The van der Waals surface area contributed by atoms with Crippen LogP contribution in [-0.2, 0) is 16.2 Å². The Kier molecular flexibility index (Phi) is 8.23. The zero-order chi connectivity index (χ0) is 23.8. The number of hydrogen-bond donors (Lipinski definition) is 2. The van der Waals surface area contributed by atoms with Crippen LogP contribution in [0.25, 0.3) is 0 Å². The minimum atomic E-state index is -1.06. The molecule has 0 saturated heterocycles. The third kappa shape index (κ3) is 6.44. The van der Waals surface area contributed by atoms with E-state index in [-0.39, 0.29) is 12.3 Å². The number of hydrogen-bond acceptors (Lipinski definition) is 5. The molecule has 0 heterocycles. The fourth-order valence-electron chi connectivity index (χ4n) is 2.66. The van der Waals surface area contributed by atoms with Crippen LogP contribution in [-0.4, -0.2) is 25.1 Å². The molecule has 2 amide bonds. The topological polar surface area (TPSA) is 89.0 Å². The van der Waals surface area contributed by atoms with Gasteiger partial charge in [-0.15, -0.1) is 0 Å². The minimum absolute atomic E-state index is 0.111. The molecule has 0 radical (unpaired) electrons. The molecule has 0 fully saturated rings. The number of methoxy groups -OCH3 is 1. The van der Waals surface area contributed by atoms with Gasteiger partial charge in [0, 0.05) is 15.6 Å². The first-order valence-electron chi connectivity index (χ1n) is 9.51. The van der Waals surface area contributed by atoms with E-state index in [0.717, 1.165) is 6.07 Å². The summed E-state index contributed by atoms with van der Waals surface area (Å²) in [5, 5.41) is 6.87. The molecule has 3 rings (SSSR count). The maximum atomic E-state index is 13.6. The lowest BCUT2D eigenvalue weighted by Gasteiger charge is -2.13. The quantitative estimate of drug-likeness (QED) is 0.283. The Morgan fingerprint density at radius 3 is 2.42 bits per heavy atom. The molecule has 0 aromatic heterocycles. The van der Waals surface area contributed by atoms with Gasteiger partial charge in [0.25, 0.3) is 0 Å². The number of amides is 2. The van der Waals surface area contributed by atoms with Gasteiger partial charge in [0.05, 0.1) is 19.0 Å². The molecule has 0 atom stereocenters. The first-order valence-corrected chi connectivity index (χ1v) is 10.3. The van der Waals surface area contributed by atoms with E-state index in [0.29, 0.717) is 32.7 Å². The fourth-order valence-corrected chi connectivity index (χ4v) is 3.17. The molecule has 0 saturated carbocycles. The third-order valence-corrected chi connectivity index (χ3v) is 5.04. The molecular weight excluding hydrogens is 472 g/mol. The monoisotopic (exact) mass is 489 g/mol. The van der Waals surface area contributed by atoms with Crippen molar-refractivity contribution in [2.24, 2.45) is 5.10 Å². The summed E-state index contributed by atoms with van der Waals surface area (Å²) in [4.78, 5) is 23.7. The number of halogens is 3. The van der Waals surface area contributed by atoms with Gasteiger partial charge in [-0.1, -0.05) is 41.4 Å². The molecule has 7 nitrogen and oxygen atoms in total. The highest BCUT2D eigenvalue weighted by atomic mass is 35.5. The van der Waals surface area contributed by atoms with Gasteiger partial charge in [0.15, 0.2) is 11.5 Å². The van der Waals surface area contributed by atoms with Crippen LogP contribution >= 0.6 is 23.2 Å². The van der Waals surface area contributed by atoms with Gasteiger partial charge in [-0.05, 0) is 48.0 Å². The van der Waals surface area contributed by atoms with Crippen LogP contribution < -0.4 is 20.2 Å². The third-order valence-electron chi connectivity index (χ3n) is 4.33. The molecule has 0 spiro atoms. The summed E-state index contributed by atoms with van der Waals surface area (Å²) >= 11 is 12.3. The van der Waals surface area contributed by atoms with Crippen molar-refractivity contribution in [2.75, 3.05) is 12.4 Å². The Bertz CT molecular complexity index is 1180. The summed E-state index contributed by atoms with van der Waals surface area (Å²) in [6.07, 6.45) is 1.31. The lowest BCUT2D eigenvalue weighted by molar-refractivity contribution is -0.136. The second kappa shape index (κ2) is 11.3. The highest BCUT2D eigenvalue weighted by molar-refractivity contribution is 6.39. The first kappa shape index (κ1) is 24.0. The summed E-state index contributed by atoms with van der Waals surface area (Å²) in [7, 11) is 1.47. The molecule has 10 heteroatoms. The number of anilines is 1. The van der Waals surface area contributed by atoms with Crippen LogP contribution in [0.15, 0.2) is 65.8 Å². The van der Waals surface area contributed by atoms with E-state index in [1.54, 1.807) is 36.4 Å².